The molecule has 2 aromatic carbocycles. The molecule has 1 aromatic heterocycles. The number of nitrogens with zero attached hydrogens (tertiary/aromatic N) is 3. The zero-order valence-corrected chi connectivity index (χ0v) is 15.7. The van der Waals surface area contributed by atoms with Gasteiger partial charge in [0.2, 0.25) is 17.6 Å². The molecule has 1 saturated heterocycles. The number of likely N-dealkylation sites (tertiary alicyclic amines) is 1. The van der Waals surface area contributed by atoms with Crippen LogP contribution in [0.5, 0.6) is 0 Å². The second kappa shape index (κ2) is 7.35. The van der Waals surface area contributed by atoms with Gasteiger partial charge in [0.1, 0.15) is 6.04 Å². The van der Waals surface area contributed by atoms with E-state index in [2.05, 4.69) is 10.1 Å². The standard InChI is InChI=1S/C22H23N3O2/c1-15-7-5-10-18(13-15)21-23-22(27-24-21)19-11-6-12-25(19)20(26)14-17-9-4-3-8-16(17)2/h3-5,7-10,13,19H,6,11-12,14H2,1-2H3/t19-/m0/s1. The van der Waals surface area contributed by atoms with Crippen molar-refractivity contribution in [2.24, 2.45) is 0 Å². The minimum absolute atomic E-state index is 0.113. The van der Waals surface area contributed by atoms with Crippen LogP contribution in [0.4, 0.5) is 0 Å². The zero-order valence-electron chi connectivity index (χ0n) is 15.7. The van der Waals surface area contributed by atoms with E-state index in [0.29, 0.717) is 18.1 Å². The molecular formula is C22H23N3O2. The van der Waals surface area contributed by atoms with Gasteiger partial charge in [0.15, 0.2) is 0 Å². The summed E-state index contributed by atoms with van der Waals surface area (Å²) in [6.07, 6.45) is 2.21. The number of hydrogen-bond acceptors (Lipinski definition) is 4. The van der Waals surface area contributed by atoms with Crippen molar-refractivity contribution in [3.05, 3.63) is 71.1 Å². The number of benzene rings is 2. The molecule has 1 aliphatic rings. The number of carbonyl (C=O) groups excluding carboxylic acids is 1. The highest BCUT2D eigenvalue weighted by molar-refractivity contribution is 5.79. The SMILES string of the molecule is Cc1cccc(-c2noc([C@@H]3CCCN3C(=O)Cc3ccccc3C)n2)c1. The van der Waals surface area contributed by atoms with E-state index in [1.807, 2.05) is 67.3 Å². The lowest BCUT2D eigenvalue weighted by atomic mass is 10.1. The van der Waals surface area contributed by atoms with Crippen LogP contribution < -0.4 is 0 Å². The summed E-state index contributed by atoms with van der Waals surface area (Å²) in [5, 5.41) is 4.14. The van der Waals surface area contributed by atoms with Crippen LogP contribution in [0.1, 0.15) is 41.5 Å². The van der Waals surface area contributed by atoms with Gasteiger partial charge < -0.3 is 9.42 Å². The van der Waals surface area contributed by atoms with Gasteiger partial charge in [-0.2, -0.15) is 4.98 Å². The normalized spacial score (nSPS) is 16.7. The Kier molecular flexibility index (Phi) is 4.75. The predicted molar refractivity (Wildman–Crippen MR) is 103 cm³/mol. The first-order valence-corrected chi connectivity index (χ1v) is 9.36. The summed E-state index contributed by atoms with van der Waals surface area (Å²) in [5.41, 5.74) is 4.29. The Morgan fingerprint density at radius 2 is 2.04 bits per heavy atom. The average Bonchev–Trinajstić information content (AvgIpc) is 3.33. The first-order chi connectivity index (χ1) is 13.1. The van der Waals surface area contributed by atoms with Crippen LogP contribution in [0.15, 0.2) is 53.1 Å². The first kappa shape index (κ1) is 17.5. The molecule has 2 heterocycles. The van der Waals surface area contributed by atoms with E-state index in [4.69, 9.17) is 4.52 Å². The zero-order chi connectivity index (χ0) is 18.8. The number of rotatable bonds is 4. The lowest BCUT2D eigenvalue weighted by Gasteiger charge is -2.22. The molecule has 0 radical (unpaired) electrons. The molecular weight excluding hydrogens is 338 g/mol. The fourth-order valence-corrected chi connectivity index (χ4v) is 3.67. The molecule has 1 amide bonds. The van der Waals surface area contributed by atoms with E-state index in [1.54, 1.807) is 0 Å². The Hall–Kier alpha value is -2.95. The van der Waals surface area contributed by atoms with Crippen LogP contribution >= 0.6 is 0 Å². The lowest BCUT2D eigenvalue weighted by molar-refractivity contribution is -0.131. The maximum absolute atomic E-state index is 12.9. The molecule has 1 fully saturated rings. The van der Waals surface area contributed by atoms with Crippen LogP contribution in [-0.4, -0.2) is 27.5 Å². The van der Waals surface area contributed by atoms with Gasteiger partial charge in [-0.05, 0) is 43.9 Å². The monoisotopic (exact) mass is 361 g/mol. The number of amides is 1. The fraction of sp³-hybridized carbons (Fsp3) is 0.318. The van der Waals surface area contributed by atoms with Gasteiger partial charge in [0.05, 0.1) is 6.42 Å². The van der Waals surface area contributed by atoms with Gasteiger partial charge in [0.25, 0.3) is 0 Å². The first-order valence-electron chi connectivity index (χ1n) is 9.36. The van der Waals surface area contributed by atoms with E-state index in [-0.39, 0.29) is 11.9 Å². The Bertz CT molecular complexity index is 963. The Labute approximate surface area is 159 Å². The van der Waals surface area contributed by atoms with Gasteiger partial charge in [-0.15, -0.1) is 0 Å². The van der Waals surface area contributed by atoms with Crippen LogP contribution in [0.2, 0.25) is 0 Å². The molecule has 138 valence electrons. The van der Waals surface area contributed by atoms with Crippen molar-refractivity contribution in [2.75, 3.05) is 6.54 Å². The second-order valence-electron chi connectivity index (χ2n) is 7.17. The summed E-state index contributed by atoms with van der Waals surface area (Å²) >= 11 is 0. The molecule has 0 spiro atoms. The Morgan fingerprint density at radius 3 is 2.85 bits per heavy atom. The molecule has 0 N–H and O–H groups in total. The number of aromatic nitrogens is 2. The van der Waals surface area contributed by atoms with Crippen LogP contribution in [-0.2, 0) is 11.2 Å². The molecule has 0 saturated carbocycles. The molecule has 0 aliphatic carbocycles. The van der Waals surface area contributed by atoms with Gasteiger partial charge in [-0.3, -0.25) is 4.79 Å². The predicted octanol–water partition coefficient (Wildman–Crippen LogP) is 4.26. The fourth-order valence-electron chi connectivity index (χ4n) is 3.67. The average molecular weight is 361 g/mol. The van der Waals surface area contributed by atoms with Crippen molar-refractivity contribution in [3.8, 4) is 11.4 Å². The Morgan fingerprint density at radius 1 is 1.19 bits per heavy atom. The van der Waals surface area contributed by atoms with Gasteiger partial charge >= 0.3 is 0 Å². The summed E-state index contributed by atoms with van der Waals surface area (Å²) in [7, 11) is 0. The highest BCUT2D eigenvalue weighted by Gasteiger charge is 2.34. The minimum Gasteiger partial charge on any atom is -0.337 e. The number of carbonyl (C=O) groups is 1. The minimum atomic E-state index is -0.132. The van der Waals surface area contributed by atoms with E-state index < -0.39 is 0 Å². The van der Waals surface area contributed by atoms with Crippen molar-refractivity contribution in [1.29, 1.82) is 0 Å². The van der Waals surface area contributed by atoms with E-state index in [9.17, 15) is 4.79 Å². The molecule has 5 heteroatoms. The van der Waals surface area contributed by atoms with Gasteiger partial charge in [0, 0.05) is 12.1 Å². The molecule has 1 atom stereocenters. The third-order valence-corrected chi connectivity index (χ3v) is 5.18. The van der Waals surface area contributed by atoms with Crippen LogP contribution in [0.3, 0.4) is 0 Å². The molecule has 4 rings (SSSR count). The van der Waals surface area contributed by atoms with Crippen LogP contribution in [0, 0.1) is 13.8 Å². The molecule has 0 unspecified atom stereocenters. The quantitative estimate of drug-likeness (QED) is 0.697. The molecule has 3 aromatic rings. The summed E-state index contributed by atoms with van der Waals surface area (Å²) in [5.74, 6) is 1.22. The molecule has 0 bridgehead atoms. The maximum Gasteiger partial charge on any atom is 0.249 e. The lowest BCUT2D eigenvalue weighted by Crippen LogP contribution is -2.32. The van der Waals surface area contributed by atoms with Gasteiger partial charge in [-0.1, -0.05) is 53.2 Å². The van der Waals surface area contributed by atoms with Crippen molar-refractivity contribution in [2.45, 2.75) is 39.2 Å². The van der Waals surface area contributed by atoms with E-state index >= 15 is 0 Å². The van der Waals surface area contributed by atoms with Crippen molar-refractivity contribution < 1.29 is 9.32 Å². The summed E-state index contributed by atoms with van der Waals surface area (Å²) in [6.45, 7) is 4.81. The highest BCUT2D eigenvalue weighted by atomic mass is 16.5. The summed E-state index contributed by atoms with van der Waals surface area (Å²) in [6, 6.07) is 15.9. The highest BCUT2D eigenvalue weighted by Crippen LogP contribution is 2.32. The molecule has 27 heavy (non-hydrogen) atoms. The Balaban J connectivity index is 1.53. The molecule has 5 nitrogen and oxygen atoms in total. The third kappa shape index (κ3) is 3.63. The van der Waals surface area contributed by atoms with E-state index in [0.717, 1.165) is 41.6 Å². The number of hydrogen-bond donors (Lipinski definition) is 0. The maximum atomic E-state index is 12.9. The van der Waals surface area contributed by atoms with E-state index in [1.165, 1.54) is 0 Å². The number of aryl methyl sites for hydroxylation is 2. The van der Waals surface area contributed by atoms with Crippen molar-refractivity contribution in [3.63, 3.8) is 0 Å². The van der Waals surface area contributed by atoms with Crippen molar-refractivity contribution in [1.82, 2.24) is 15.0 Å². The van der Waals surface area contributed by atoms with Gasteiger partial charge in [-0.25, -0.2) is 0 Å². The van der Waals surface area contributed by atoms with Crippen LogP contribution in [0.25, 0.3) is 11.4 Å². The van der Waals surface area contributed by atoms with Crippen molar-refractivity contribution >= 4 is 5.91 Å². The summed E-state index contributed by atoms with van der Waals surface area (Å²) in [4.78, 5) is 19.4. The second-order valence-corrected chi connectivity index (χ2v) is 7.17. The third-order valence-electron chi connectivity index (χ3n) is 5.18. The molecule has 1 aliphatic heterocycles. The topological polar surface area (TPSA) is 59.2 Å². The largest absolute Gasteiger partial charge is 0.337 e. The summed E-state index contributed by atoms with van der Waals surface area (Å²) < 4.78 is 5.54. The smallest absolute Gasteiger partial charge is 0.249 e.